The summed E-state index contributed by atoms with van der Waals surface area (Å²) in [5, 5.41) is 9.65. The van der Waals surface area contributed by atoms with E-state index in [0.29, 0.717) is 0 Å². The van der Waals surface area contributed by atoms with E-state index in [-0.39, 0.29) is 5.91 Å². The summed E-state index contributed by atoms with van der Waals surface area (Å²) in [6, 6.07) is 13.2. The second-order valence-electron chi connectivity index (χ2n) is 4.66. The average Bonchev–Trinajstić information content (AvgIpc) is 3.09. The minimum atomic E-state index is -0.189. The van der Waals surface area contributed by atoms with Crippen LogP contribution < -0.4 is 5.32 Å². The van der Waals surface area contributed by atoms with Crippen LogP contribution in [0.25, 0.3) is 17.3 Å². The van der Waals surface area contributed by atoms with Crippen LogP contribution in [-0.4, -0.2) is 21.1 Å². The van der Waals surface area contributed by atoms with Crippen LogP contribution in [0.15, 0.2) is 67.1 Å². The van der Waals surface area contributed by atoms with Gasteiger partial charge in [-0.15, -0.1) is 0 Å². The predicted octanol–water partition coefficient (Wildman–Crippen LogP) is 3.12. The molecule has 0 aliphatic rings. The highest BCUT2D eigenvalue weighted by molar-refractivity contribution is 6.02. The summed E-state index contributed by atoms with van der Waals surface area (Å²) in [6.07, 6.45) is 8.29. The number of rotatable bonds is 4. The Balaban J connectivity index is 1.69. The van der Waals surface area contributed by atoms with Gasteiger partial charge in [0.25, 0.3) is 0 Å². The van der Waals surface area contributed by atoms with Crippen molar-refractivity contribution in [3.63, 3.8) is 0 Å². The van der Waals surface area contributed by atoms with Crippen LogP contribution in [0.5, 0.6) is 0 Å². The Morgan fingerprint density at radius 1 is 1.14 bits per heavy atom. The van der Waals surface area contributed by atoms with Crippen LogP contribution in [0.3, 0.4) is 0 Å². The van der Waals surface area contributed by atoms with Crippen molar-refractivity contribution < 1.29 is 4.79 Å². The van der Waals surface area contributed by atoms with E-state index in [1.54, 1.807) is 24.7 Å². The first-order chi connectivity index (χ1) is 10.8. The van der Waals surface area contributed by atoms with Gasteiger partial charge in [0.2, 0.25) is 5.91 Å². The molecule has 0 fully saturated rings. The molecule has 0 spiro atoms. The molecular weight excluding hydrogens is 276 g/mol. The molecule has 2 heterocycles. The summed E-state index contributed by atoms with van der Waals surface area (Å²) >= 11 is 0. The third-order valence-electron chi connectivity index (χ3n) is 3.05. The molecule has 0 aliphatic carbocycles. The molecule has 0 bridgehead atoms. The zero-order chi connectivity index (χ0) is 15.2. The second kappa shape index (κ2) is 6.49. The lowest BCUT2D eigenvalue weighted by molar-refractivity contribution is -0.111. The third-order valence-corrected chi connectivity index (χ3v) is 3.05. The van der Waals surface area contributed by atoms with Crippen LogP contribution in [0.1, 0.15) is 5.56 Å². The van der Waals surface area contributed by atoms with E-state index in [1.807, 2.05) is 42.5 Å². The molecule has 0 unspecified atom stereocenters. The third kappa shape index (κ3) is 3.46. The van der Waals surface area contributed by atoms with Crippen molar-refractivity contribution in [2.75, 3.05) is 5.32 Å². The molecule has 0 aliphatic heterocycles. The van der Waals surface area contributed by atoms with Crippen LogP contribution in [-0.2, 0) is 4.79 Å². The van der Waals surface area contributed by atoms with Crippen LogP contribution in [0.2, 0.25) is 0 Å². The van der Waals surface area contributed by atoms with Gasteiger partial charge in [0.15, 0.2) is 0 Å². The maximum Gasteiger partial charge on any atom is 0.248 e. The average molecular weight is 290 g/mol. The molecule has 0 saturated carbocycles. The van der Waals surface area contributed by atoms with Crippen LogP contribution in [0.4, 0.5) is 5.69 Å². The molecule has 3 rings (SSSR count). The first-order valence-corrected chi connectivity index (χ1v) is 6.80. The Hall–Kier alpha value is -3.21. The SMILES string of the molecule is O=C(C=Cc1cccnc1)Nc1cccc(-c2ccn[nH]2)c1. The van der Waals surface area contributed by atoms with E-state index in [0.717, 1.165) is 22.5 Å². The van der Waals surface area contributed by atoms with Crippen molar-refractivity contribution in [1.82, 2.24) is 15.2 Å². The molecule has 5 heteroatoms. The molecule has 2 N–H and O–H groups in total. The Bertz CT molecular complexity index is 779. The Morgan fingerprint density at radius 2 is 2.09 bits per heavy atom. The standard InChI is InChI=1S/C17H14N4O/c22-17(7-6-13-3-2-9-18-12-13)20-15-5-1-4-14(11-15)16-8-10-19-21-16/h1-12H,(H,19,21)(H,20,22). The number of amides is 1. The Morgan fingerprint density at radius 3 is 2.86 bits per heavy atom. The summed E-state index contributed by atoms with van der Waals surface area (Å²) in [6.45, 7) is 0. The summed E-state index contributed by atoms with van der Waals surface area (Å²) in [7, 11) is 0. The molecule has 22 heavy (non-hydrogen) atoms. The van der Waals surface area contributed by atoms with Crippen molar-refractivity contribution in [1.29, 1.82) is 0 Å². The molecule has 0 radical (unpaired) electrons. The molecule has 0 saturated heterocycles. The van der Waals surface area contributed by atoms with Crippen LogP contribution >= 0.6 is 0 Å². The number of aromatic nitrogens is 3. The van der Waals surface area contributed by atoms with Crippen LogP contribution in [0, 0.1) is 0 Å². The molecule has 5 nitrogen and oxygen atoms in total. The van der Waals surface area contributed by atoms with E-state index in [1.165, 1.54) is 6.08 Å². The fourth-order valence-electron chi connectivity index (χ4n) is 2.01. The van der Waals surface area contributed by atoms with Gasteiger partial charge < -0.3 is 5.32 Å². The van der Waals surface area contributed by atoms with E-state index < -0.39 is 0 Å². The monoisotopic (exact) mass is 290 g/mol. The van der Waals surface area contributed by atoms with Crippen molar-refractivity contribution in [2.24, 2.45) is 0 Å². The van der Waals surface area contributed by atoms with Gasteiger partial charge in [-0.05, 0) is 35.9 Å². The smallest absolute Gasteiger partial charge is 0.248 e. The zero-order valence-corrected chi connectivity index (χ0v) is 11.7. The highest BCUT2D eigenvalue weighted by Gasteiger charge is 2.02. The molecule has 108 valence electrons. The highest BCUT2D eigenvalue weighted by Crippen LogP contribution is 2.20. The lowest BCUT2D eigenvalue weighted by Crippen LogP contribution is -2.07. The van der Waals surface area contributed by atoms with Gasteiger partial charge in [0.05, 0.1) is 5.69 Å². The van der Waals surface area contributed by atoms with Crippen molar-refractivity contribution in [3.8, 4) is 11.3 Å². The van der Waals surface area contributed by atoms with E-state index >= 15 is 0 Å². The van der Waals surface area contributed by atoms with Crippen molar-refractivity contribution in [2.45, 2.75) is 0 Å². The van der Waals surface area contributed by atoms with Gasteiger partial charge in [0, 0.05) is 35.9 Å². The largest absolute Gasteiger partial charge is 0.322 e. The fourth-order valence-corrected chi connectivity index (χ4v) is 2.01. The lowest BCUT2D eigenvalue weighted by Gasteiger charge is -2.04. The molecular formula is C17H14N4O. The second-order valence-corrected chi connectivity index (χ2v) is 4.66. The number of hydrogen-bond acceptors (Lipinski definition) is 3. The Kier molecular flexibility index (Phi) is 4.06. The molecule has 2 aromatic heterocycles. The summed E-state index contributed by atoms with van der Waals surface area (Å²) in [5.74, 6) is -0.189. The number of pyridine rings is 1. The number of aromatic amines is 1. The number of hydrogen-bond donors (Lipinski definition) is 2. The highest BCUT2D eigenvalue weighted by atomic mass is 16.1. The quantitative estimate of drug-likeness (QED) is 0.725. The molecule has 1 aromatic carbocycles. The van der Waals surface area contributed by atoms with Gasteiger partial charge in [-0.25, -0.2) is 0 Å². The summed E-state index contributed by atoms with van der Waals surface area (Å²) in [5.41, 5.74) is 3.48. The molecule has 3 aromatic rings. The Labute approximate surface area is 127 Å². The number of H-pyrrole nitrogens is 1. The van der Waals surface area contributed by atoms with E-state index in [2.05, 4.69) is 20.5 Å². The molecule has 1 amide bonds. The lowest BCUT2D eigenvalue weighted by atomic mass is 10.1. The number of nitrogens with one attached hydrogen (secondary N) is 2. The fraction of sp³-hybridized carbons (Fsp3) is 0. The first-order valence-electron chi connectivity index (χ1n) is 6.80. The number of nitrogens with zero attached hydrogens (tertiary/aromatic N) is 2. The minimum absolute atomic E-state index is 0.189. The number of carbonyl (C=O) groups is 1. The maximum atomic E-state index is 11.9. The van der Waals surface area contributed by atoms with E-state index in [4.69, 9.17) is 0 Å². The maximum absolute atomic E-state index is 11.9. The number of carbonyl (C=O) groups excluding carboxylic acids is 1. The number of benzene rings is 1. The van der Waals surface area contributed by atoms with Gasteiger partial charge in [-0.2, -0.15) is 5.10 Å². The van der Waals surface area contributed by atoms with Gasteiger partial charge >= 0.3 is 0 Å². The minimum Gasteiger partial charge on any atom is -0.322 e. The van der Waals surface area contributed by atoms with Crippen molar-refractivity contribution in [3.05, 3.63) is 72.7 Å². The van der Waals surface area contributed by atoms with E-state index in [9.17, 15) is 4.79 Å². The molecule has 0 atom stereocenters. The van der Waals surface area contributed by atoms with Gasteiger partial charge in [-0.1, -0.05) is 18.2 Å². The van der Waals surface area contributed by atoms with Gasteiger partial charge in [-0.3, -0.25) is 14.9 Å². The normalized spacial score (nSPS) is 10.7. The number of anilines is 1. The van der Waals surface area contributed by atoms with Crippen molar-refractivity contribution >= 4 is 17.7 Å². The van der Waals surface area contributed by atoms with Gasteiger partial charge in [0.1, 0.15) is 0 Å². The first kappa shape index (κ1) is 13.8. The summed E-state index contributed by atoms with van der Waals surface area (Å²) in [4.78, 5) is 15.9. The zero-order valence-electron chi connectivity index (χ0n) is 11.7. The summed E-state index contributed by atoms with van der Waals surface area (Å²) < 4.78 is 0. The predicted molar refractivity (Wildman–Crippen MR) is 85.9 cm³/mol. The topological polar surface area (TPSA) is 70.7 Å².